The standard InChI is InChI=1S/C49H31N5O/c1-3-12-33(13-4-1)42-29-43(54-49(53-42)35-14-5-2-6-15-35)37-17-9-16-36(28-37)32-22-24-34(25-23-32)46-45-44(38-18-10-26-50-30-38)47(39-19-11-27-51-31-39)55-48(45)40-20-7-8-21-41(40)52-46/h1-31H. The van der Waals surface area contributed by atoms with E-state index in [0.717, 1.165) is 94.8 Å². The maximum absolute atomic E-state index is 6.82. The zero-order valence-electron chi connectivity index (χ0n) is 29.5. The van der Waals surface area contributed by atoms with Gasteiger partial charge in [0.05, 0.1) is 28.0 Å². The Kier molecular flexibility index (Phi) is 8.04. The lowest BCUT2D eigenvalue weighted by molar-refractivity contribution is 0.635. The Morgan fingerprint density at radius 1 is 0.400 bits per heavy atom. The molecule has 5 aromatic heterocycles. The topological polar surface area (TPSA) is 77.6 Å². The summed E-state index contributed by atoms with van der Waals surface area (Å²) in [5.41, 5.74) is 13.2. The van der Waals surface area contributed by atoms with E-state index in [9.17, 15) is 0 Å². The molecule has 0 saturated carbocycles. The predicted octanol–water partition coefficient (Wildman–Crippen LogP) is 12.2. The second-order valence-corrected chi connectivity index (χ2v) is 13.3. The number of benzene rings is 5. The largest absolute Gasteiger partial charge is 0.455 e. The number of nitrogens with zero attached hydrogens (tertiary/aromatic N) is 5. The van der Waals surface area contributed by atoms with Gasteiger partial charge < -0.3 is 4.42 Å². The van der Waals surface area contributed by atoms with Gasteiger partial charge in [0.1, 0.15) is 11.3 Å². The van der Waals surface area contributed by atoms with E-state index in [0.29, 0.717) is 5.82 Å². The summed E-state index contributed by atoms with van der Waals surface area (Å²) in [7, 11) is 0. The molecule has 55 heavy (non-hydrogen) atoms. The molecule has 0 unspecified atom stereocenters. The Balaban J connectivity index is 1.09. The molecule has 0 N–H and O–H groups in total. The molecule has 6 heteroatoms. The van der Waals surface area contributed by atoms with Crippen LogP contribution in [0.4, 0.5) is 0 Å². The highest BCUT2D eigenvalue weighted by molar-refractivity contribution is 6.16. The van der Waals surface area contributed by atoms with Crippen molar-refractivity contribution >= 4 is 21.9 Å². The van der Waals surface area contributed by atoms with Gasteiger partial charge in [-0.3, -0.25) is 9.97 Å². The summed E-state index contributed by atoms with van der Waals surface area (Å²) in [6, 6.07) is 55.7. The van der Waals surface area contributed by atoms with Gasteiger partial charge in [-0.05, 0) is 53.6 Å². The van der Waals surface area contributed by atoms with Crippen LogP contribution in [0.25, 0.3) is 101 Å². The summed E-state index contributed by atoms with van der Waals surface area (Å²) in [5.74, 6) is 1.43. The van der Waals surface area contributed by atoms with Crippen molar-refractivity contribution in [2.24, 2.45) is 0 Å². The maximum Gasteiger partial charge on any atom is 0.160 e. The van der Waals surface area contributed by atoms with Gasteiger partial charge in [0.15, 0.2) is 5.82 Å². The molecule has 5 aromatic carbocycles. The average molecular weight is 706 g/mol. The van der Waals surface area contributed by atoms with Gasteiger partial charge in [0.25, 0.3) is 0 Å². The third-order valence-corrected chi connectivity index (χ3v) is 9.88. The fourth-order valence-electron chi connectivity index (χ4n) is 7.23. The Morgan fingerprint density at radius 3 is 1.73 bits per heavy atom. The van der Waals surface area contributed by atoms with Crippen LogP contribution in [0.3, 0.4) is 0 Å². The van der Waals surface area contributed by atoms with Gasteiger partial charge in [-0.1, -0.05) is 121 Å². The summed E-state index contributed by atoms with van der Waals surface area (Å²) in [5, 5.41) is 1.89. The van der Waals surface area contributed by atoms with Crippen LogP contribution in [0.5, 0.6) is 0 Å². The second kappa shape index (κ2) is 13.8. The van der Waals surface area contributed by atoms with E-state index in [4.69, 9.17) is 19.4 Å². The third-order valence-electron chi connectivity index (χ3n) is 9.88. The molecule has 10 rings (SSSR count). The van der Waals surface area contributed by atoms with Crippen LogP contribution in [-0.2, 0) is 0 Å². The molecule has 0 radical (unpaired) electrons. The summed E-state index contributed by atoms with van der Waals surface area (Å²) < 4.78 is 6.82. The highest BCUT2D eigenvalue weighted by atomic mass is 16.3. The Hall–Kier alpha value is -7.57. The second-order valence-electron chi connectivity index (χ2n) is 13.3. The number of aromatic nitrogens is 5. The third kappa shape index (κ3) is 6.02. The van der Waals surface area contributed by atoms with E-state index in [1.807, 2.05) is 97.3 Å². The lowest BCUT2D eigenvalue weighted by Gasteiger charge is -2.11. The van der Waals surface area contributed by atoms with Crippen LogP contribution in [-0.4, -0.2) is 24.9 Å². The molecule has 0 aliphatic carbocycles. The molecule has 0 fully saturated rings. The fraction of sp³-hybridized carbons (Fsp3) is 0. The number of pyridine rings is 3. The smallest absolute Gasteiger partial charge is 0.160 e. The number of furan rings is 1. The molecule has 6 nitrogen and oxygen atoms in total. The predicted molar refractivity (Wildman–Crippen MR) is 221 cm³/mol. The molecule has 0 spiro atoms. The van der Waals surface area contributed by atoms with Gasteiger partial charge in [-0.15, -0.1) is 0 Å². The number of para-hydroxylation sites is 1. The molecular formula is C49H31N5O. The first-order valence-corrected chi connectivity index (χ1v) is 18.1. The normalized spacial score (nSPS) is 11.3. The first-order chi connectivity index (χ1) is 27.3. The van der Waals surface area contributed by atoms with Crippen molar-refractivity contribution in [3.8, 4) is 78.7 Å². The Labute approximate surface area is 317 Å². The fourth-order valence-corrected chi connectivity index (χ4v) is 7.23. The van der Waals surface area contributed by atoms with Crippen LogP contribution in [0.15, 0.2) is 193 Å². The quantitative estimate of drug-likeness (QED) is 0.164. The van der Waals surface area contributed by atoms with Crippen molar-refractivity contribution in [2.75, 3.05) is 0 Å². The molecule has 5 heterocycles. The van der Waals surface area contributed by atoms with E-state index < -0.39 is 0 Å². The molecule has 0 saturated heterocycles. The summed E-state index contributed by atoms with van der Waals surface area (Å²) in [4.78, 5) is 24.2. The van der Waals surface area contributed by atoms with Crippen molar-refractivity contribution < 1.29 is 4.42 Å². The minimum absolute atomic E-state index is 0.692. The number of hydrogen-bond donors (Lipinski definition) is 0. The molecule has 0 aliphatic rings. The van der Waals surface area contributed by atoms with Crippen molar-refractivity contribution in [3.63, 3.8) is 0 Å². The summed E-state index contributed by atoms with van der Waals surface area (Å²) in [6.45, 7) is 0. The minimum atomic E-state index is 0.692. The van der Waals surface area contributed by atoms with E-state index >= 15 is 0 Å². The van der Waals surface area contributed by atoms with E-state index in [1.54, 1.807) is 12.4 Å². The molecule has 258 valence electrons. The Morgan fingerprint density at radius 2 is 1.00 bits per heavy atom. The molecule has 0 amide bonds. The number of rotatable bonds is 7. The molecule has 0 atom stereocenters. The van der Waals surface area contributed by atoms with Crippen LogP contribution in [0.1, 0.15) is 0 Å². The van der Waals surface area contributed by atoms with Gasteiger partial charge in [-0.25, -0.2) is 15.0 Å². The summed E-state index contributed by atoms with van der Waals surface area (Å²) >= 11 is 0. The van der Waals surface area contributed by atoms with Crippen LogP contribution < -0.4 is 0 Å². The van der Waals surface area contributed by atoms with Gasteiger partial charge in [-0.2, -0.15) is 0 Å². The van der Waals surface area contributed by atoms with Gasteiger partial charge in [0.2, 0.25) is 0 Å². The van der Waals surface area contributed by atoms with Crippen molar-refractivity contribution in [3.05, 3.63) is 189 Å². The summed E-state index contributed by atoms with van der Waals surface area (Å²) in [6.07, 6.45) is 7.27. The van der Waals surface area contributed by atoms with E-state index in [1.165, 1.54) is 0 Å². The van der Waals surface area contributed by atoms with Crippen molar-refractivity contribution in [1.82, 2.24) is 24.9 Å². The van der Waals surface area contributed by atoms with E-state index in [-0.39, 0.29) is 0 Å². The maximum atomic E-state index is 6.82. The lowest BCUT2D eigenvalue weighted by atomic mass is 9.95. The highest BCUT2D eigenvalue weighted by Gasteiger charge is 2.24. The number of fused-ring (bicyclic) bond motifs is 3. The van der Waals surface area contributed by atoms with Crippen molar-refractivity contribution in [2.45, 2.75) is 0 Å². The van der Waals surface area contributed by atoms with Crippen LogP contribution in [0.2, 0.25) is 0 Å². The lowest BCUT2D eigenvalue weighted by Crippen LogP contribution is -1.96. The van der Waals surface area contributed by atoms with E-state index in [2.05, 4.69) is 88.8 Å². The SMILES string of the molecule is c1ccc(-c2cc(-c3cccc(-c4ccc(-c5nc6ccccc6c6oc(-c7cccnc7)c(-c7cccnc7)c56)cc4)c3)nc(-c3ccccc3)n2)cc1. The van der Waals surface area contributed by atoms with Gasteiger partial charge >= 0.3 is 0 Å². The first kappa shape index (κ1) is 32.1. The zero-order chi connectivity index (χ0) is 36.6. The molecule has 0 aliphatic heterocycles. The molecule has 10 aromatic rings. The van der Waals surface area contributed by atoms with Crippen molar-refractivity contribution in [1.29, 1.82) is 0 Å². The van der Waals surface area contributed by atoms with Crippen LogP contribution in [0, 0.1) is 0 Å². The zero-order valence-corrected chi connectivity index (χ0v) is 29.5. The molecule has 0 bridgehead atoms. The first-order valence-electron chi connectivity index (χ1n) is 18.1. The van der Waals surface area contributed by atoms with Crippen LogP contribution >= 0.6 is 0 Å². The monoisotopic (exact) mass is 705 g/mol. The molecular weight excluding hydrogens is 675 g/mol. The Bertz CT molecular complexity index is 2890. The average Bonchev–Trinajstić information content (AvgIpc) is 3.69. The van der Waals surface area contributed by atoms with Gasteiger partial charge in [0, 0.05) is 69.1 Å². The highest BCUT2D eigenvalue weighted by Crippen LogP contribution is 2.46. The number of hydrogen-bond acceptors (Lipinski definition) is 6. The minimum Gasteiger partial charge on any atom is -0.455 e.